The Hall–Kier alpha value is -2.69. The first kappa shape index (κ1) is 13.9. The fourth-order valence-corrected chi connectivity index (χ4v) is 3.54. The van der Waals surface area contributed by atoms with Crippen molar-refractivity contribution in [3.05, 3.63) is 53.1 Å². The molecule has 0 saturated carbocycles. The van der Waals surface area contributed by atoms with E-state index in [9.17, 15) is 4.79 Å². The SMILES string of the molecule is COc1cc2c(cc1OC)[C@@H]1c3ccccc3NC(=O)N1CC2. The van der Waals surface area contributed by atoms with E-state index in [1.165, 1.54) is 5.56 Å². The van der Waals surface area contributed by atoms with Crippen molar-refractivity contribution in [3.8, 4) is 11.5 Å². The van der Waals surface area contributed by atoms with Crippen LogP contribution in [0.15, 0.2) is 36.4 Å². The topological polar surface area (TPSA) is 50.8 Å². The summed E-state index contributed by atoms with van der Waals surface area (Å²) >= 11 is 0. The summed E-state index contributed by atoms with van der Waals surface area (Å²) in [6.45, 7) is 0.688. The normalized spacial score (nSPS) is 18.4. The zero-order valence-electron chi connectivity index (χ0n) is 13.1. The smallest absolute Gasteiger partial charge is 0.322 e. The number of methoxy groups -OCH3 is 2. The number of amides is 2. The molecule has 118 valence electrons. The Labute approximate surface area is 134 Å². The van der Waals surface area contributed by atoms with Crippen molar-refractivity contribution in [3.63, 3.8) is 0 Å². The molecule has 0 aliphatic carbocycles. The summed E-state index contributed by atoms with van der Waals surface area (Å²) in [5.41, 5.74) is 4.30. The number of benzene rings is 2. The van der Waals surface area contributed by atoms with Crippen LogP contribution in [-0.4, -0.2) is 31.7 Å². The van der Waals surface area contributed by atoms with Gasteiger partial charge in [-0.05, 0) is 35.7 Å². The zero-order valence-corrected chi connectivity index (χ0v) is 13.1. The van der Waals surface area contributed by atoms with Gasteiger partial charge in [0, 0.05) is 17.8 Å². The molecule has 1 atom stereocenters. The standard InChI is InChI=1S/C18H18N2O3/c1-22-15-9-11-7-8-20-17(13(11)10-16(15)23-2)12-5-3-4-6-14(12)19-18(20)21/h3-6,9-10,17H,7-8H2,1-2H3,(H,19,21)/t17-/m0/s1. The minimum Gasteiger partial charge on any atom is -0.493 e. The van der Waals surface area contributed by atoms with Gasteiger partial charge in [0.2, 0.25) is 0 Å². The molecule has 2 aliphatic heterocycles. The molecular formula is C18H18N2O3. The fraction of sp³-hybridized carbons (Fsp3) is 0.278. The average Bonchev–Trinajstić information content (AvgIpc) is 2.60. The number of para-hydroxylation sites is 1. The van der Waals surface area contributed by atoms with E-state index in [1.807, 2.05) is 35.2 Å². The van der Waals surface area contributed by atoms with Gasteiger partial charge in [-0.2, -0.15) is 0 Å². The summed E-state index contributed by atoms with van der Waals surface area (Å²) in [6.07, 6.45) is 0.807. The highest BCUT2D eigenvalue weighted by Gasteiger charge is 2.37. The van der Waals surface area contributed by atoms with Gasteiger partial charge in [-0.1, -0.05) is 18.2 Å². The molecule has 2 aromatic rings. The Balaban J connectivity index is 1.92. The zero-order chi connectivity index (χ0) is 16.0. The quantitative estimate of drug-likeness (QED) is 0.927. The molecule has 4 rings (SSSR count). The maximum absolute atomic E-state index is 12.4. The van der Waals surface area contributed by atoms with Crippen molar-refractivity contribution in [1.82, 2.24) is 4.90 Å². The summed E-state index contributed by atoms with van der Waals surface area (Å²) < 4.78 is 10.9. The van der Waals surface area contributed by atoms with Crippen LogP contribution in [0.1, 0.15) is 22.7 Å². The first-order chi connectivity index (χ1) is 11.2. The molecule has 0 spiro atoms. The van der Waals surface area contributed by atoms with Crippen molar-refractivity contribution in [1.29, 1.82) is 0 Å². The number of urea groups is 1. The van der Waals surface area contributed by atoms with Gasteiger partial charge in [0.1, 0.15) is 0 Å². The molecule has 2 heterocycles. The lowest BCUT2D eigenvalue weighted by Gasteiger charge is -2.41. The van der Waals surface area contributed by atoms with Crippen molar-refractivity contribution in [2.24, 2.45) is 0 Å². The van der Waals surface area contributed by atoms with Gasteiger partial charge in [0.15, 0.2) is 11.5 Å². The van der Waals surface area contributed by atoms with Gasteiger partial charge in [-0.3, -0.25) is 0 Å². The van der Waals surface area contributed by atoms with Crippen LogP contribution in [0.4, 0.5) is 10.5 Å². The van der Waals surface area contributed by atoms with E-state index in [-0.39, 0.29) is 12.1 Å². The number of hydrogen-bond donors (Lipinski definition) is 1. The van der Waals surface area contributed by atoms with Gasteiger partial charge in [-0.15, -0.1) is 0 Å². The van der Waals surface area contributed by atoms with E-state index in [4.69, 9.17) is 9.47 Å². The van der Waals surface area contributed by atoms with Crippen LogP contribution >= 0.6 is 0 Å². The van der Waals surface area contributed by atoms with Crippen LogP contribution < -0.4 is 14.8 Å². The summed E-state index contributed by atoms with van der Waals surface area (Å²) in [5, 5.41) is 2.97. The van der Waals surface area contributed by atoms with Crippen LogP contribution in [0.3, 0.4) is 0 Å². The third-order valence-corrected chi connectivity index (χ3v) is 4.63. The van der Waals surface area contributed by atoms with Crippen LogP contribution in [0.2, 0.25) is 0 Å². The Bertz CT molecular complexity index is 788. The summed E-state index contributed by atoms with van der Waals surface area (Å²) in [5.74, 6) is 1.42. The number of ether oxygens (including phenoxy) is 2. The number of rotatable bonds is 2. The molecule has 5 nitrogen and oxygen atoms in total. The molecule has 5 heteroatoms. The summed E-state index contributed by atoms with van der Waals surface area (Å²) in [6, 6.07) is 11.9. The van der Waals surface area contributed by atoms with Gasteiger partial charge < -0.3 is 19.7 Å². The summed E-state index contributed by atoms with van der Waals surface area (Å²) in [7, 11) is 3.27. The average molecular weight is 310 g/mol. The Morgan fingerprint density at radius 1 is 1.09 bits per heavy atom. The lowest BCUT2D eigenvalue weighted by Crippen LogP contribution is -2.46. The largest absolute Gasteiger partial charge is 0.493 e. The van der Waals surface area contributed by atoms with Crippen LogP contribution in [0.25, 0.3) is 0 Å². The lowest BCUT2D eigenvalue weighted by atomic mass is 9.86. The molecule has 2 aromatic carbocycles. The molecule has 0 aromatic heterocycles. The molecule has 1 N–H and O–H groups in total. The number of hydrogen-bond acceptors (Lipinski definition) is 3. The molecule has 0 fully saturated rings. The Kier molecular flexibility index (Phi) is 3.15. The number of fused-ring (bicyclic) bond motifs is 5. The molecule has 2 amide bonds. The highest BCUT2D eigenvalue weighted by atomic mass is 16.5. The van der Waals surface area contributed by atoms with E-state index in [0.717, 1.165) is 29.0 Å². The van der Waals surface area contributed by atoms with E-state index < -0.39 is 0 Å². The Morgan fingerprint density at radius 3 is 2.61 bits per heavy atom. The Morgan fingerprint density at radius 2 is 1.83 bits per heavy atom. The molecule has 23 heavy (non-hydrogen) atoms. The second kappa shape index (κ2) is 5.19. The third kappa shape index (κ3) is 2.04. The summed E-state index contributed by atoms with van der Waals surface area (Å²) in [4.78, 5) is 14.3. The van der Waals surface area contributed by atoms with Crippen LogP contribution in [0.5, 0.6) is 11.5 Å². The van der Waals surface area contributed by atoms with Crippen molar-refractivity contribution in [2.45, 2.75) is 12.5 Å². The van der Waals surface area contributed by atoms with Gasteiger partial charge in [0.05, 0.1) is 20.3 Å². The van der Waals surface area contributed by atoms with Crippen molar-refractivity contribution in [2.75, 3.05) is 26.1 Å². The predicted molar refractivity (Wildman–Crippen MR) is 87.3 cm³/mol. The molecule has 0 saturated heterocycles. The highest BCUT2D eigenvalue weighted by molar-refractivity contribution is 5.94. The molecule has 0 bridgehead atoms. The third-order valence-electron chi connectivity index (χ3n) is 4.63. The van der Waals surface area contributed by atoms with Gasteiger partial charge in [-0.25, -0.2) is 4.79 Å². The number of nitrogens with one attached hydrogen (secondary N) is 1. The lowest BCUT2D eigenvalue weighted by molar-refractivity contribution is 0.190. The van der Waals surface area contributed by atoms with E-state index in [1.54, 1.807) is 14.2 Å². The van der Waals surface area contributed by atoms with Crippen LogP contribution in [-0.2, 0) is 6.42 Å². The van der Waals surface area contributed by atoms with E-state index in [0.29, 0.717) is 12.3 Å². The minimum atomic E-state index is -0.0801. The van der Waals surface area contributed by atoms with Gasteiger partial charge >= 0.3 is 6.03 Å². The van der Waals surface area contributed by atoms with Gasteiger partial charge in [0.25, 0.3) is 0 Å². The monoisotopic (exact) mass is 310 g/mol. The maximum atomic E-state index is 12.4. The number of carbonyl (C=O) groups is 1. The second-order valence-electron chi connectivity index (χ2n) is 5.77. The van der Waals surface area contributed by atoms with Crippen LogP contribution in [0, 0.1) is 0 Å². The van der Waals surface area contributed by atoms with E-state index >= 15 is 0 Å². The van der Waals surface area contributed by atoms with E-state index in [2.05, 4.69) is 11.4 Å². The molecule has 2 aliphatic rings. The predicted octanol–water partition coefficient (Wildman–Crippen LogP) is 3.20. The highest BCUT2D eigenvalue weighted by Crippen LogP contribution is 2.44. The molecular weight excluding hydrogens is 292 g/mol. The van der Waals surface area contributed by atoms with Crippen molar-refractivity contribution < 1.29 is 14.3 Å². The fourth-order valence-electron chi connectivity index (χ4n) is 3.54. The second-order valence-corrected chi connectivity index (χ2v) is 5.77. The molecule has 0 unspecified atom stereocenters. The number of anilines is 1. The minimum absolute atomic E-state index is 0.0471. The first-order valence-corrected chi connectivity index (χ1v) is 7.64. The molecule has 0 radical (unpaired) electrons. The van der Waals surface area contributed by atoms with Crippen molar-refractivity contribution >= 4 is 11.7 Å². The number of carbonyl (C=O) groups excluding carboxylic acids is 1. The maximum Gasteiger partial charge on any atom is 0.322 e. The number of nitrogens with zero attached hydrogens (tertiary/aromatic N) is 1. The first-order valence-electron chi connectivity index (χ1n) is 7.64.